The van der Waals surface area contributed by atoms with E-state index in [0.717, 1.165) is 19.3 Å². The topological polar surface area (TPSA) is 67.4 Å². The minimum atomic E-state index is -0.239. The molecule has 2 aromatic rings. The number of amides is 2. The minimum Gasteiger partial charge on any atom is -0.484 e. The zero-order valence-corrected chi connectivity index (χ0v) is 18.9. The molecule has 2 amide bonds. The molecule has 0 heterocycles. The highest BCUT2D eigenvalue weighted by atomic mass is 16.5. The molecule has 166 valence electrons. The molecule has 0 atom stereocenters. The maximum atomic E-state index is 12.4. The van der Waals surface area contributed by atoms with Crippen molar-refractivity contribution in [3.8, 4) is 5.75 Å². The Morgan fingerprint density at radius 2 is 1.61 bits per heavy atom. The molecule has 0 bridgehead atoms. The van der Waals surface area contributed by atoms with Crippen LogP contribution in [0.25, 0.3) is 0 Å². The fraction of sp³-hybridized carbons (Fsp3) is 0.462. The van der Waals surface area contributed by atoms with Gasteiger partial charge in [0.15, 0.2) is 6.61 Å². The molecule has 2 N–H and O–H groups in total. The maximum Gasteiger partial charge on any atom is 0.262 e. The van der Waals surface area contributed by atoms with Crippen LogP contribution in [0.4, 0.5) is 5.69 Å². The molecule has 3 rings (SSSR count). The molecular weight excluding hydrogens is 388 g/mol. The number of rotatable bonds is 8. The second kappa shape index (κ2) is 10.5. The lowest BCUT2D eigenvalue weighted by Crippen LogP contribution is -2.36. The minimum absolute atomic E-state index is 0.0530. The van der Waals surface area contributed by atoms with Crippen LogP contribution in [0.15, 0.2) is 48.5 Å². The highest BCUT2D eigenvalue weighted by molar-refractivity contribution is 5.96. The molecule has 0 saturated heterocycles. The SMILES string of the molecule is CCC(C)(C)c1ccc(OCC(=O)Nc2ccc(C(=O)NC3CCCCC3)cc2)cc1. The molecule has 0 aromatic heterocycles. The lowest BCUT2D eigenvalue weighted by Gasteiger charge is -2.23. The van der Waals surface area contributed by atoms with E-state index in [1.165, 1.54) is 24.8 Å². The first-order valence-corrected chi connectivity index (χ1v) is 11.3. The van der Waals surface area contributed by atoms with Gasteiger partial charge in [0.2, 0.25) is 0 Å². The molecule has 0 unspecified atom stereocenters. The van der Waals surface area contributed by atoms with Crippen LogP contribution in [0.2, 0.25) is 0 Å². The Balaban J connectivity index is 1.46. The number of hydrogen-bond donors (Lipinski definition) is 2. The molecule has 5 heteroatoms. The number of anilines is 1. The van der Waals surface area contributed by atoms with Gasteiger partial charge in [-0.2, -0.15) is 0 Å². The van der Waals surface area contributed by atoms with Gasteiger partial charge in [0, 0.05) is 17.3 Å². The lowest BCUT2D eigenvalue weighted by molar-refractivity contribution is -0.118. The summed E-state index contributed by atoms with van der Waals surface area (Å²) in [4.78, 5) is 24.6. The van der Waals surface area contributed by atoms with E-state index in [1.54, 1.807) is 24.3 Å². The van der Waals surface area contributed by atoms with E-state index in [4.69, 9.17) is 4.74 Å². The first-order chi connectivity index (χ1) is 14.9. The van der Waals surface area contributed by atoms with Gasteiger partial charge in [-0.05, 0) is 66.6 Å². The van der Waals surface area contributed by atoms with Gasteiger partial charge in [-0.1, -0.05) is 52.2 Å². The highest BCUT2D eigenvalue weighted by Crippen LogP contribution is 2.28. The quantitative estimate of drug-likeness (QED) is 0.594. The van der Waals surface area contributed by atoms with Gasteiger partial charge in [-0.3, -0.25) is 9.59 Å². The number of carbonyl (C=O) groups excluding carboxylic acids is 2. The van der Waals surface area contributed by atoms with Crippen LogP contribution in [-0.4, -0.2) is 24.5 Å². The maximum absolute atomic E-state index is 12.4. The average Bonchev–Trinajstić information content (AvgIpc) is 2.79. The highest BCUT2D eigenvalue weighted by Gasteiger charge is 2.18. The van der Waals surface area contributed by atoms with Crippen molar-refractivity contribution in [2.75, 3.05) is 11.9 Å². The molecule has 5 nitrogen and oxygen atoms in total. The normalized spacial score (nSPS) is 14.7. The molecule has 0 spiro atoms. The smallest absolute Gasteiger partial charge is 0.262 e. The van der Waals surface area contributed by atoms with E-state index in [-0.39, 0.29) is 29.9 Å². The Hall–Kier alpha value is -2.82. The first-order valence-electron chi connectivity index (χ1n) is 11.3. The van der Waals surface area contributed by atoms with Gasteiger partial charge in [-0.15, -0.1) is 0 Å². The summed E-state index contributed by atoms with van der Waals surface area (Å²) in [7, 11) is 0. The van der Waals surface area contributed by atoms with Crippen molar-refractivity contribution in [3.05, 3.63) is 59.7 Å². The van der Waals surface area contributed by atoms with E-state index >= 15 is 0 Å². The predicted octanol–water partition coefficient (Wildman–Crippen LogP) is 5.45. The summed E-state index contributed by atoms with van der Waals surface area (Å²) in [5, 5.41) is 5.91. The number of ether oxygens (including phenoxy) is 1. The third-order valence-electron chi connectivity index (χ3n) is 6.26. The van der Waals surface area contributed by atoms with Crippen LogP contribution >= 0.6 is 0 Å². The zero-order valence-electron chi connectivity index (χ0n) is 18.9. The first kappa shape index (κ1) is 22.9. The van der Waals surface area contributed by atoms with Crippen molar-refractivity contribution in [2.24, 2.45) is 0 Å². The van der Waals surface area contributed by atoms with Crippen LogP contribution in [0, 0.1) is 0 Å². The number of hydrogen-bond acceptors (Lipinski definition) is 3. The summed E-state index contributed by atoms with van der Waals surface area (Å²) in [5.41, 5.74) is 2.62. The van der Waals surface area contributed by atoms with Gasteiger partial charge >= 0.3 is 0 Å². The van der Waals surface area contributed by atoms with E-state index < -0.39 is 0 Å². The van der Waals surface area contributed by atoms with Crippen LogP contribution in [0.5, 0.6) is 5.75 Å². The molecular formula is C26H34N2O3. The van der Waals surface area contributed by atoms with Gasteiger partial charge in [0.1, 0.15) is 5.75 Å². The Morgan fingerprint density at radius 3 is 2.23 bits per heavy atom. The Bertz CT molecular complexity index is 867. The third kappa shape index (κ3) is 6.58. The standard InChI is InChI=1S/C26H34N2O3/c1-4-26(2,3)20-12-16-23(17-13-20)31-18-24(29)27-22-14-10-19(11-15-22)25(30)28-21-8-6-5-7-9-21/h10-17,21H,4-9,18H2,1-3H3,(H,27,29)(H,28,30). The van der Waals surface area contributed by atoms with Gasteiger partial charge in [0.05, 0.1) is 0 Å². The molecule has 0 aliphatic heterocycles. The summed E-state index contributed by atoms with van der Waals surface area (Å²) in [6.45, 7) is 6.52. The van der Waals surface area contributed by atoms with Gasteiger partial charge < -0.3 is 15.4 Å². The van der Waals surface area contributed by atoms with Crippen molar-refractivity contribution < 1.29 is 14.3 Å². The van der Waals surface area contributed by atoms with Crippen LogP contribution in [0.1, 0.15) is 75.2 Å². The second-order valence-corrected chi connectivity index (χ2v) is 8.98. The fourth-order valence-electron chi connectivity index (χ4n) is 3.77. The van der Waals surface area contributed by atoms with Crippen molar-refractivity contribution in [2.45, 2.75) is 70.8 Å². The Morgan fingerprint density at radius 1 is 0.968 bits per heavy atom. The molecule has 2 aromatic carbocycles. The van der Waals surface area contributed by atoms with Crippen molar-refractivity contribution in [1.29, 1.82) is 0 Å². The summed E-state index contributed by atoms with van der Waals surface area (Å²) in [6, 6.07) is 15.2. The van der Waals surface area contributed by atoms with Crippen molar-refractivity contribution >= 4 is 17.5 Å². The molecule has 1 fully saturated rings. The summed E-state index contributed by atoms with van der Waals surface area (Å²) >= 11 is 0. The Kier molecular flexibility index (Phi) is 7.72. The molecule has 1 saturated carbocycles. The fourth-order valence-corrected chi connectivity index (χ4v) is 3.77. The van der Waals surface area contributed by atoms with E-state index in [2.05, 4.69) is 31.4 Å². The molecule has 31 heavy (non-hydrogen) atoms. The van der Waals surface area contributed by atoms with Crippen molar-refractivity contribution in [1.82, 2.24) is 5.32 Å². The second-order valence-electron chi connectivity index (χ2n) is 8.98. The zero-order chi connectivity index (χ0) is 22.3. The van der Waals surface area contributed by atoms with Crippen molar-refractivity contribution in [3.63, 3.8) is 0 Å². The number of nitrogens with one attached hydrogen (secondary N) is 2. The Labute approximate surface area is 185 Å². The van der Waals surface area contributed by atoms with Crippen LogP contribution in [-0.2, 0) is 10.2 Å². The van der Waals surface area contributed by atoms with Gasteiger partial charge in [0.25, 0.3) is 11.8 Å². The largest absolute Gasteiger partial charge is 0.484 e. The van der Waals surface area contributed by atoms with E-state index in [0.29, 0.717) is 17.0 Å². The van der Waals surface area contributed by atoms with Crippen LogP contribution < -0.4 is 15.4 Å². The summed E-state index contributed by atoms with van der Waals surface area (Å²) in [6.07, 6.45) is 6.78. The van der Waals surface area contributed by atoms with E-state index in [9.17, 15) is 9.59 Å². The van der Waals surface area contributed by atoms with E-state index in [1.807, 2.05) is 24.3 Å². The number of benzene rings is 2. The lowest BCUT2D eigenvalue weighted by atomic mass is 9.82. The molecule has 0 radical (unpaired) electrons. The molecule has 1 aliphatic rings. The summed E-state index contributed by atoms with van der Waals surface area (Å²) < 4.78 is 5.61. The number of carbonyl (C=O) groups is 2. The monoisotopic (exact) mass is 422 g/mol. The molecule has 1 aliphatic carbocycles. The van der Waals surface area contributed by atoms with Gasteiger partial charge in [-0.25, -0.2) is 0 Å². The average molecular weight is 423 g/mol. The summed E-state index contributed by atoms with van der Waals surface area (Å²) in [5.74, 6) is 0.376. The predicted molar refractivity (Wildman–Crippen MR) is 125 cm³/mol. The third-order valence-corrected chi connectivity index (χ3v) is 6.26. The van der Waals surface area contributed by atoms with Crippen LogP contribution in [0.3, 0.4) is 0 Å².